The van der Waals surface area contributed by atoms with E-state index in [1.807, 2.05) is 24.0 Å². The van der Waals surface area contributed by atoms with E-state index < -0.39 is 0 Å². The van der Waals surface area contributed by atoms with Gasteiger partial charge in [0.25, 0.3) is 5.91 Å². The van der Waals surface area contributed by atoms with Gasteiger partial charge in [-0.15, -0.1) is 0 Å². The van der Waals surface area contributed by atoms with E-state index in [9.17, 15) is 4.79 Å². The molecule has 1 aromatic heterocycles. The number of hydrogen-bond acceptors (Lipinski definition) is 3. The minimum atomic E-state index is 0.0685. The smallest absolute Gasteiger partial charge is 0.272 e. The SMILES string of the molecule is CCc1cccnc1C(=O)N1CCNCC1. The van der Waals surface area contributed by atoms with Crippen molar-refractivity contribution in [2.24, 2.45) is 0 Å². The molecular formula is C12H17N3O. The number of carbonyl (C=O) groups excluding carboxylic acids is 1. The molecule has 0 aromatic carbocycles. The fourth-order valence-electron chi connectivity index (χ4n) is 1.93. The molecular weight excluding hydrogens is 202 g/mol. The summed E-state index contributed by atoms with van der Waals surface area (Å²) >= 11 is 0. The molecule has 1 N–H and O–H groups in total. The average molecular weight is 219 g/mol. The summed E-state index contributed by atoms with van der Waals surface area (Å²) in [7, 11) is 0. The lowest BCUT2D eigenvalue weighted by molar-refractivity contribution is 0.0728. The molecule has 2 heterocycles. The first-order chi connectivity index (χ1) is 7.83. The second kappa shape index (κ2) is 5.07. The molecule has 0 spiro atoms. The molecule has 1 saturated heterocycles. The molecule has 1 aliphatic rings. The minimum Gasteiger partial charge on any atom is -0.335 e. The third-order valence-corrected chi connectivity index (χ3v) is 2.88. The van der Waals surface area contributed by atoms with Crippen LogP contribution in [0.2, 0.25) is 0 Å². The fraction of sp³-hybridized carbons (Fsp3) is 0.500. The Bertz CT molecular complexity index is 372. The molecule has 16 heavy (non-hydrogen) atoms. The number of carbonyl (C=O) groups is 1. The molecule has 1 aliphatic heterocycles. The number of pyridine rings is 1. The van der Waals surface area contributed by atoms with Crippen molar-refractivity contribution in [1.29, 1.82) is 0 Å². The number of nitrogens with one attached hydrogen (secondary N) is 1. The van der Waals surface area contributed by atoms with Crippen LogP contribution >= 0.6 is 0 Å². The van der Waals surface area contributed by atoms with Crippen molar-refractivity contribution in [2.75, 3.05) is 26.2 Å². The van der Waals surface area contributed by atoms with Gasteiger partial charge in [-0.3, -0.25) is 9.78 Å². The van der Waals surface area contributed by atoms with Crippen molar-refractivity contribution in [3.8, 4) is 0 Å². The Morgan fingerprint density at radius 2 is 2.25 bits per heavy atom. The predicted octanol–water partition coefficient (Wildman–Crippen LogP) is 0.689. The van der Waals surface area contributed by atoms with Crippen LogP contribution in [0.15, 0.2) is 18.3 Å². The molecule has 0 aliphatic carbocycles. The highest BCUT2D eigenvalue weighted by Crippen LogP contribution is 2.10. The number of aromatic nitrogens is 1. The summed E-state index contributed by atoms with van der Waals surface area (Å²) in [5.41, 5.74) is 1.65. The normalized spacial score (nSPS) is 16.2. The van der Waals surface area contributed by atoms with Crippen LogP contribution in [0.4, 0.5) is 0 Å². The number of amides is 1. The Balaban J connectivity index is 2.19. The van der Waals surface area contributed by atoms with Gasteiger partial charge >= 0.3 is 0 Å². The molecule has 0 radical (unpaired) electrons. The highest BCUT2D eigenvalue weighted by atomic mass is 16.2. The van der Waals surface area contributed by atoms with Gasteiger partial charge in [0.1, 0.15) is 5.69 Å². The van der Waals surface area contributed by atoms with Crippen molar-refractivity contribution in [3.63, 3.8) is 0 Å². The lowest BCUT2D eigenvalue weighted by Crippen LogP contribution is -2.46. The summed E-state index contributed by atoms with van der Waals surface area (Å²) in [4.78, 5) is 18.3. The Morgan fingerprint density at radius 3 is 2.94 bits per heavy atom. The summed E-state index contributed by atoms with van der Waals surface area (Å²) < 4.78 is 0. The van der Waals surface area contributed by atoms with Crippen LogP contribution in [0, 0.1) is 0 Å². The van der Waals surface area contributed by atoms with E-state index in [4.69, 9.17) is 0 Å². The van der Waals surface area contributed by atoms with Crippen LogP contribution < -0.4 is 5.32 Å². The topological polar surface area (TPSA) is 45.2 Å². The van der Waals surface area contributed by atoms with Crippen molar-refractivity contribution in [2.45, 2.75) is 13.3 Å². The van der Waals surface area contributed by atoms with Gasteiger partial charge in [-0.25, -0.2) is 0 Å². The standard InChI is InChI=1S/C12H17N3O/c1-2-10-4-3-5-14-11(10)12(16)15-8-6-13-7-9-15/h3-5,13H,2,6-9H2,1H3. The number of hydrogen-bond donors (Lipinski definition) is 1. The third-order valence-electron chi connectivity index (χ3n) is 2.88. The molecule has 1 amide bonds. The van der Waals surface area contributed by atoms with E-state index >= 15 is 0 Å². The van der Waals surface area contributed by atoms with Crippen LogP contribution in [0.3, 0.4) is 0 Å². The van der Waals surface area contributed by atoms with E-state index in [2.05, 4.69) is 10.3 Å². The first-order valence-corrected chi connectivity index (χ1v) is 5.77. The quantitative estimate of drug-likeness (QED) is 0.796. The second-order valence-electron chi connectivity index (χ2n) is 3.91. The summed E-state index contributed by atoms with van der Waals surface area (Å²) in [6, 6.07) is 3.86. The third kappa shape index (κ3) is 2.22. The van der Waals surface area contributed by atoms with Crippen molar-refractivity contribution in [3.05, 3.63) is 29.6 Å². The van der Waals surface area contributed by atoms with Gasteiger partial charge in [0.15, 0.2) is 0 Å². The van der Waals surface area contributed by atoms with Gasteiger partial charge in [0.2, 0.25) is 0 Å². The van der Waals surface area contributed by atoms with Crippen LogP contribution in [-0.4, -0.2) is 42.0 Å². The fourth-order valence-corrected chi connectivity index (χ4v) is 1.93. The second-order valence-corrected chi connectivity index (χ2v) is 3.91. The Labute approximate surface area is 95.7 Å². The Morgan fingerprint density at radius 1 is 1.50 bits per heavy atom. The van der Waals surface area contributed by atoms with E-state index in [-0.39, 0.29) is 5.91 Å². The van der Waals surface area contributed by atoms with E-state index in [1.54, 1.807) is 6.20 Å². The molecule has 0 unspecified atom stereocenters. The first-order valence-electron chi connectivity index (χ1n) is 5.77. The molecule has 0 saturated carbocycles. The molecule has 1 fully saturated rings. The summed E-state index contributed by atoms with van der Waals surface area (Å²) in [5, 5.41) is 3.24. The summed E-state index contributed by atoms with van der Waals surface area (Å²) in [5.74, 6) is 0.0685. The van der Waals surface area contributed by atoms with Crippen LogP contribution in [0.1, 0.15) is 23.0 Å². The highest BCUT2D eigenvalue weighted by molar-refractivity contribution is 5.93. The van der Waals surface area contributed by atoms with E-state index in [1.165, 1.54) is 0 Å². The largest absolute Gasteiger partial charge is 0.335 e. The first kappa shape index (κ1) is 11.1. The van der Waals surface area contributed by atoms with E-state index in [0.29, 0.717) is 5.69 Å². The van der Waals surface area contributed by atoms with Crippen LogP contribution in [0.25, 0.3) is 0 Å². The zero-order valence-corrected chi connectivity index (χ0v) is 9.57. The number of nitrogens with zero attached hydrogens (tertiary/aromatic N) is 2. The van der Waals surface area contributed by atoms with Crippen LogP contribution in [0.5, 0.6) is 0 Å². The molecule has 1 aromatic rings. The molecule has 4 nitrogen and oxygen atoms in total. The molecule has 0 atom stereocenters. The Kier molecular flexibility index (Phi) is 3.51. The molecule has 2 rings (SSSR count). The molecule has 4 heteroatoms. The van der Waals surface area contributed by atoms with Gasteiger partial charge in [-0.2, -0.15) is 0 Å². The van der Waals surface area contributed by atoms with Crippen molar-refractivity contribution in [1.82, 2.24) is 15.2 Å². The minimum absolute atomic E-state index is 0.0685. The molecule has 0 bridgehead atoms. The van der Waals surface area contributed by atoms with Gasteiger partial charge in [0.05, 0.1) is 0 Å². The highest BCUT2D eigenvalue weighted by Gasteiger charge is 2.20. The maximum Gasteiger partial charge on any atom is 0.272 e. The number of rotatable bonds is 2. The maximum atomic E-state index is 12.2. The maximum absolute atomic E-state index is 12.2. The van der Waals surface area contributed by atoms with Crippen molar-refractivity contribution < 1.29 is 4.79 Å². The van der Waals surface area contributed by atoms with Crippen LogP contribution in [-0.2, 0) is 6.42 Å². The van der Waals surface area contributed by atoms with Gasteiger partial charge < -0.3 is 10.2 Å². The zero-order valence-electron chi connectivity index (χ0n) is 9.57. The monoisotopic (exact) mass is 219 g/mol. The van der Waals surface area contributed by atoms with Gasteiger partial charge in [-0.05, 0) is 18.1 Å². The summed E-state index contributed by atoms with van der Waals surface area (Å²) in [6.07, 6.45) is 2.54. The van der Waals surface area contributed by atoms with E-state index in [0.717, 1.165) is 38.2 Å². The molecule has 86 valence electrons. The Hall–Kier alpha value is -1.42. The lowest BCUT2D eigenvalue weighted by atomic mass is 10.1. The number of piperazine rings is 1. The van der Waals surface area contributed by atoms with Gasteiger partial charge in [-0.1, -0.05) is 13.0 Å². The van der Waals surface area contributed by atoms with Gasteiger partial charge in [0, 0.05) is 32.4 Å². The number of aryl methyl sites for hydroxylation is 1. The predicted molar refractivity (Wildman–Crippen MR) is 62.4 cm³/mol. The van der Waals surface area contributed by atoms with Crippen molar-refractivity contribution >= 4 is 5.91 Å². The zero-order chi connectivity index (χ0) is 11.4. The lowest BCUT2D eigenvalue weighted by Gasteiger charge is -2.27. The summed E-state index contributed by atoms with van der Waals surface area (Å²) in [6.45, 7) is 5.35. The average Bonchev–Trinajstić information content (AvgIpc) is 2.39.